The van der Waals surface area contributed by atoms with Gasteiger partial charge in [0.05, 0.1) is 6.04 Å². The lowest BCUT2D eigenvalue weighted by Gasteiger charge is -2.17. The molecule has 3 heteroatoms. The van der Waals surface area contributed by atoms with E-state index in [1.165, 1.54) is 16.5 Å². The van der Waals surface area contributed by atoms with Crippen molar-refractivity contribution in [1.82, 2.24) is 5.32 Å². The van der Waals surface area contributed by atoms with Crippen molar-refractivity contribution in [2.75, 3.05) is 7.05 Å². The van der Waals surface area contributed by atoms with Crippen LogP contribution in [-0.4, -0.2) is 7.05 Å². The standard InChI is InChI=1S/C14H16FNS/c1-3-10-7-8-17-14(10)13(16-2)11-5-4-6-12(15)9-11/h4-9,13,16H,3H2,1-2H3. The summed E-state index contributed by atoms with van der Waals surface area (Å²) in [5.41, 5.74) is 2.31. The molecule has 2 aromatic rings. The highest BCUT2D eigenvalue weighted by Crippen LogP contribution is 2.30. The fourth-order valence-corrected chi connectivity index (χ4v) is 3.16. The lowest BCUT2D eigenvalue weighted by Crippen LogP contribution is -2.17. The van der Waals surface area contributed by atoms with Gasteiger partial charge < -0.3 is 5.32 Å². The van der Waals surface area contributed by atoms with E-state index in [4.69, 9.17) is 0 Å². The molecule has 0 bridgehead atoms. The normalized spacial score (nSPS) is 12.6. The Balaban J connectivity index is 2.40. The van der Waals surface area contributed by atoms with E-state index in [0.29, 0.717) is 0 Å². The van der Waals surface area contributed by atoms with E-state index < -0.39 is 0 Å². The van der Waals surface area contributed by atoms with Crippen LogP contribution in [-0.2, 0) is 6.42 Å². The van der Waals surface area contributed by atoms with Crippen molar-refractivity contribution in [3.05, 3.63) is 57.5 Å². The molecule has 1 unspecified atom stereocenters. The first-order valence-electron chi connectivity index (χ1n) is 5.75. The molecule has 1 heterocycles. The van der Waals surface area contributed by atoms with E-state index in [2.05, 4.69) is 23.7 Å². The van der Waals surface area contributed by atoms with Gasteiger partial charge in [-0.2, -0.15) is 0 Å². The highest BCUT2D eigenvalue weighted by molar-refractivity contribution is 7.10. The van der Waals surface area contributed by atoms with Crippen LogP contribution in [0.3, 0.4) is 0 Å². The molecule has 1 nitrogen and oxygen atoms in total. The molecule has 0 saturated carbocycles. The predicted octanol–water partition coefficient (Wildman–Crippen LogP) is 3.76. The summed E-state index contributed by atoms with van der Waals surface area (Å²) in [5.74, 6) is -0.183. The molecular formula is C14H16FNS. The maximum absolute atomic E-state index is 13.3. The molecule has 0 saturated heterocycles. The Bertz CT molecular complexity index is 492. The Morgan fingerprint density at radius 2 is 2.18 bits per heavy atom. The molecule has 1 atom stereocenters. The van der Waals surface area contributed by atoms with Crippen molar-refractivity contribution >= 4 is 11.3 Å². The number of benzene rings is 1. The van der Waals surface area contributed by atoms with E-state index in [-0.39, 0.29) is 11.9 Å². The number of aryl methyl sites for hydroxylation is 1. The SMILES string of the molecule is CCc1ccsc1C(NC)c1cccc(F)c1. The lowest BCUT2D eigenvalue weighted by molar-refractivity contribution is 0.617. The van der Waals surface area contributed by atoms with Crippen LogP contribution in [0.15, 0.2) is 35.7 Å². The Labute approximate surface area is 105 Å². The van der Waals surface area contributed by atoms with Gasteiger partial charge >= 0.3 is 0 Å². The third-order valence-corrected chi connectivity index (χ3v) is 3.92. The zero-order valence-corrected chi connectivity index (χ0v) is 10.9. The minimum absolute atomic E-state index is 0.0839. The molecule has 0 aliphatic carbocycles. The van der Waals surface area contributed by atoms with Crippen molar-refractivity contribution in [2.24, 2.45) is 0 Å². The van der Waals surface area contributed by atoms with Gasteiger partial charge in [0, 0.05) is 4.88 Å². The summed E-state index contributed by atoms with van der Waals surface area (Å²) in [4.78, 5) is 1.28. The molecule has 1 aromatic heterocycles. The third-order valence-electron chi connectivity index (χ3n) is 2.89. The monoisotopic (exact) mass is 249 g/mol. The maximum Gasteiger partial charge on any atom is 0.123 e. The summed E-state index contributed by atoms with van der Waals surface area (Å²) in [6.07, 6.45) is 1.01. The second-order valence-corrected chi connectivity index (χ2v) is 4.89. The van der Waals surface area contributed by atoms with Crippen molar-refractivity contribution in [1.29, 1.82) is 0 Å². The molecule has 0 aliphatic rings. The zero-order chi connectivity index (χ0) is 12.3. The zero-order valence-electron chi connectivity index (χ0n) is 10.0. The maximum atomic E-state index is 13.3. The fraction of sp³-hybridized carbons (Fsp3) is 0.286. The molecule has 0 aliphatic heterocycles. The van der Waals surface area contributed by atoms with E-state index >= 15 is 0 Å². The van der Waals surface area contributed by atoms with Crippen LogP contribution in [0.2, 0.25) is 0 Å². The summed E-state index contributed by atoms with van der Waals surface area (Å²) in [5, 5.41) is 5.36. The Morgan fingerprint density at radius 3 is 2.82 bits per heavy atom. The second kappa shape index (κ2) is 5.43. The van der Waals surface area contributed by atoms with Gasteiger partial charge in [0.1, 0.15) is 5.82 Å². The van der Waals surface area contributed by atoms with Gasteiger partial charge in [-0.25, -0.2) is 4.39 Å². The molecular weight excluding hydrogens is 233 g/mol. The first-order chi connectivity index (χ1) is 8.26. The number of thiophene rings is 1. The fourth-order valence-electron chi connectivity index (χ4n) is 2.03. The number of halogens is 1. The van der Waals surface area contributed by atoms with Crippen LogP contribution in [0, 0.1) is 5.82 Å². The minimum atomic E-state index is -0.183. The highest BCUT2D eigenvalue weighted by Gasteiger charge is 2.16. The van der Waals surface area contributed by atoms with E-state index in [1.54, 1.807) is 23.5 Å². The molecule has 1 aromatic carbocycles. The van der Waals surface area contributed by atoms with Gasteiger partial charge in [0.2, 0.25) is 0 Å². The number of rotatable bonds is 4. The van der Waals surface area contributed by atoms with E-state index in [0.717, 1.165) is 12.0 Å². The largest absolute Gasteiger partial charge is 0.309 e. The minimum Gasteiger partial charge on any atom is -0.309 e. The Hall–Kier alpha value is -1.19. The van der Waals surface area contributed by atoms with Crippen LogP contribution in [0.25, 0.3) is 0 Å². The molecule has 0 spiro atoms. The molecule has 0 radical (unpaired) electrons. The van der Waals surface area contributed by atoms with Crippen molar-refractivity contribution in [2.45, 2.75) is 19.4 Å². The van der Waals surface area contributed by atoms with Gasteiger partial charge in [0.25, 0.3) is 0 Å². The molecule has 90 valence electrons. The summed E-state index contributed by atoms with van der Waals surface area (Å²) in [6.45, 7) is 2.14. The summed E-state index contributed by atoms with van der Waals surface area (Å²) in [7, 11) is 1.91. The van der Waals surface area contributed by atoms with Crippen molar-refractivity contribution in [3.8, 4) is 0 Å². The van der Waals surface area contributed by atoms with Crippen LogP contribution in [0.1, 0.15) is 29.0 Å². The number of hydrogen-bond donors (Lipinski definition) is 1. The van der Waals surface area contributed by atoms with Gasteiger partial charge in [0.15, 0.2) is 0 Å². The molecule has 0 amide bonds. The first kappa shape index (κ1) is 12.3. The van der Waals surface area contributed by atoms with Crippen molar-refractivity contribution < 1.29 is 4.39 Å². The highest BCUT2D eigenvalue weighted by atomic mass is 32.1. The third kappa shape index (κ3) is 2.56. The van der Waals surface area contributed by atoms with Crippen LogP contribution in [0.4, 0.5) is 4.39 Å². The van der Waals surface area contributed by atoms with Crippen LogP contribution >= 0.6 is 11.3 Å². The van der Waals surface area contributed by atoms with Gasteiger partial charge in [-0.05, 0) is 48.2 Å². The van der Waals surface area contributed by atoms with Crippen LogP contribution in [0.5, 0.6) is 0 Å². The molecule has 0 fully saturated rings. The predicted molar refractivity (Wildman–Crippen MR) is 71.0 cm³/mol. The van der Waals surface area contributed by atoms with Gasteiger partial charge in [-0.3, -0.25) is 0 Å². The topological polar surface area (TPSA) is 12.0 Å². The summed E-state index contributed by atoms with van der Waals surface area (Å²) in [6, 6.07) is 9.02. The molecule has 2 rings (SSSR count). The lowest BCUT2D eigenvalue weighted by atomic mass is 10.0. The Morgan fingerprint density at radius 1 is 1.35 bits per heavy atom. The van der Waals surface area contributed by atoms with E-state index in [9.17, 15) is 4.39 Å². The molecule has 1 N–H and O–H groups in total. The smallest absolute Gasteiger partial charge is 0.123 e. The van der Waals surface area contributed by atoms with Gasteiger partial charge in [-0.1, -0.05) is 19.1 Å². The molecule has 17 heavy (non-hydrogen) atoms. The summed E-state index contributed by atoms with van der Waals surface area (Å²) >= 11 is 1.72. The first-order valence-corrected chi connectivity index (χ1v) is 6.63. The second-order valence-electron chi connectivity index (χ2n) is 3.94. The Kier molecular flexibility index (Phi) is 3.92. The van der Waals surface area contributed by atoms with Crippen molar-refractivity contribution in [3.63, 3.8) is 0 Å². The quantitative estimate of drug-likeness (QED) is 0.870. The van der Waals surface area contributed by atoms with E-state index in [1.807, 2.05) is 13.1 Å². The average Bonchev–Trinajstić information content (AvgIpc) is 2.78. The number of hydrogen-bond acceptors (Lipinski definition) is 2. The van der Waals surface area contributed by atoms with Gasteiger partial charge in [-0.15, -0.1) is 11.3 Å². The van der Waals surface area contributed by atoms with Crippen LogP contribution < -0.4 is 5.32 Å². The summed E-state index contributed by atoms with van der Waals surface area (Å²) < 4.78 is 13.3. The average molecular weight is 249 g/mol. The number of nitrogens with one attached hydrogen (secondary N) is 1.